The minimum absolute atomic E-state index is 0.132. The zero-order valence-electron chi connectivity index (χ0n) is 33.2. The molecule has 3 fully saturated rings. The van der Waals surface area contributed by atoms with Crippen molar-refractivity contribution in [3.05, 3.63) is 0 Å². The maximum Gasteiger partial charge on any atom is 0.311 e. The van der Waals surface area contributed by atoms with Crippen molar-refractivity contribution in [2.45, 2.75) is 185 Å². The molecule has 0 aromatic rings. The third-order valence-corrected chi connectivity index (χ3v) is 11.9. The van der Waals surface area contributed by atoms with Crippen LogP contribution in [0.2, 0.25) is 0 Å². The van der Waals surface area contributed by atoms with Crippen LogP contribution in [0.1, 0.15) is 94.9 Å². The van der Waals surface area contributed by atoms with E-state index >= 15 is 0 Å². The van der Waals surface area contributed by atoms with Gasteiger partial charge in [-0.05, 0) is 87.7 Å². The molecule has 14 nitrogen and oxygen atoms in total. The number of nitrogens with one attached hydrogen (secondary N) is 1. The van der Waals surface area contributed by atoms with Crippen LogP contribution in [-0.2, 0) is 33.2 Å². The van der Waals surface area contributed by atoms with Gasteiger partial charge in [0.15, 0.2) is 12.6 Å². The van der Waals surface area contributed by atoms with E-state index in [2.05, 4.69) is 5.32 Å². The van der Waals surface area contributed by atoms with Gasteiger partial charge in [0, 0.05) is 38.1 Å². The van der Waals surface area contributed by atoms with Gasteiger partial charge in [0.25, 0.3) is 0 Å². The van der Waals surface area contributed by atoms with Gasteiger partial charge in [-0.2, -0.15) is 0 Å². The topological polar surface area (TPSA) is 189 Å². The summed E-state index contributed by atoms with van der Waals surface area (Å²) in [7, 11) is 5.10. The van der Waals surface area contributed by atoms with Crippen LogP contribution in [-0.4, -0.2) is 154 Å². The summed E-state index contributed by atoms with van der Waals surface area (Å²) < 4.78 is 37.3. The summed E-state index contributed by atoms with van der Waals surface area (Å²) in [6, 6.07) is -0.858. The van der Waals surface area contributed by atoms with Gasteiger partial charge in [0.1, 0.15) is 30.0 Å². The number of carbonyl (C=O) groups is 1. The fraction of sp³-hybridized carbons (Fsp3) is 0.973. The monoisotopic (exact) mass is 734 g/mol. The van der Waals surface area contributed by atoms with Crippen LogP contribution in [0.25, 0.3) is 0 Å². The van der Waals surface area contributed by atoms with E-state index in [1.165, 1.54) is 14.0 Å². The number of nitrogens with zero attached hydrogens (tertiary/aromatic N) is 1. The van der Waals surface area contributed by atoms with E-state index in [9.17, 15) is 30.3 Å². The highest BCUT2D eigenvalue weighted by Gasteiger charge is 2.52. The van der Waals surface area contributed by atoms with Crippen LogP contribution in [0, 0.1) is 17.8 Å². The molecule has 51 heavy (non-hydrogen) atoms. The van der Waals surface area contributed by atoms with Crippen LogP contribution in [0.3, 0.4) is 0 Å². The summed E-state index contributed by atoms with van der Waals surface area (Å²) >= 11 is 0. The molecule has 18 atom stereocenters. The standard InChI is InChI=1S/C37H70N2O12/c1-14-26-37(10,45)30(41)23(6)39(12)18-19(2)16-35(8,44)32(51-34-28(40)25(38-11)15-20(3)47-34)21(4)29(22(5)33(43)49-26)50-27-17-36(9,46-13)31(42)24(7)48-27/h19-32,34,38,40-42,44-45H,14-18H2,1-13H3/t19-,20-,21+,22-,23-,24+,25+,26-,27?,28-,29+,30-,31+,32-,34?,35-,36-,37-/m1/s1. The highest BCUT2D eigenvalue weighted by Crippen LogP contribution is 2.40. The van der Waals surface area contributed by atoms with E-state index in [1.807, 2.05) is 32.7 Å². The first-order valence-corrected chi connectivity index (χ1v) is 18.8. The van der Waals surface area contributed by atoms with Crippen molar-refractivity contribution in [3.63, 3.8) is 0 Å². The number of ether oxygens (including phenoxy) is 6. The third-order valence-electron chi connectivity index (χ3n) is 11.9. The first-order chi connectivity index (χ1) is 23.5. The number of cyclic esters (lactones) is 1. The smallest absolute Gasteiger partial charge is 0.311 e. The molecule has 3 heterocycles. The molecule has 0 spiro atoms. The summed E-state index contributed by atoms with van der Waals surface area (Å²) in [5.41, 5.74) is -4.37. The molecule has 0 radical (unpaired) electrons. The first kappa shape index (κ1) is 44.4. The molecule has 0 bridgehead atoms. The Morgan fingerprint density at radius 1 is 0.961 bits per heavy atom. The first-order valence-electron chi connectivity index (χ1n) is 18.8. The molecule has 3 saturated heterocycles. The van der Waals surface area contributed by atoms with Gasteiger partial charge in [-0.15, -0.1) is 0 Å². The van der Waals surface area contributed by atoms with Gasteiger partial charge in [0.05, 0.1) is 41.5 Å². The number of hydrogen-bond acceptors (Lipinski definition) is 14. The fourth-order valence-corrected chi connectivity index (χ4v) is 8.53. The zero-order chi connectivity index (χ0) is 38.8. The number of esters is 1. The third kappa shape index (κ3) is 10.0. The summed E-state index contributed by atoms with van der Waals surface area (Å²) in [6.45, 7) is 18.0. The van der Waals surface area contributed by atoms with E-state index in [0.29, 0.717) is 13.0 Å². The highest BCUT2D eigenvalue weighted by molar-refractivity contribution is 5.73. The van der Waals surface area contributed by atoms with Crippen molar-refractivity contribution in [2.75, 3.05) is 27.7 Å². The van der Waals surface area contributed by atoms with E-state index in [0.717, 1.165) is 0 Å². The van der Waals surface area contributed by atoms with Crippen molar-refractivity contribution >= 4 is 5.97 Å². The lowest BCUT2D eigenvalue weighted by Gasteiger charge is -2.48. The molecule has 6 N–H and O–H groups in total. The molecule has 3 aliphatic heterocycles. The van der Waals surface area contributed by atoms with Crippen LogP contribution < -0.4 is 5.32 Å². The Balaban J connectivity index is 2.16. The second-order valence-electron chi connectivity index (χ2n) is 16.5. The molecule has 0 aliphatic carbocycles. The molecular weight excluding hydrogens is 664 g/mol. The van der Waals surface area contributed by atoms with E-state index in [4.69, 9.17) is 28.4 Å². The molecule has 3 rings (SSSR count). The van der Waals surface area contributed by atoms with Gasteiger partial charge in [-0.25, -0.2) is 0 Å². The van der Waals surface area contributed by atoms with E-state index in [-0.39, 0.29) is 37.3 Å². The van der Waals surface area contributed by atoms with E-state index in [1.54, 1.807) is 48.6 Å². The Bertz CT molecular complexity index is 1110. The Labute approximate surface area is 305 Å². The van der Waals surface area contributed by atoms with Gasteiger partial charge in [-0.1, -0.05) is 20.8 Å². The summed E-state index contributed by atoms with van der Waals surface area (Å²) in [5.74, 6) is -2.59. The highest BCUT2D eigenvalue weighted by atomic mass is 16.7. The Hall–Kier alpha value is -1.01. The normalized spacial score (nSPS) is 50.2. The molecule has 300 valence electrons. The van der Waals surface area contributed by atoms with Crippen LogP contribution in [0.4, 0.5) is 0 Å². The van der Waals surface area contributed by atoms with Crippen molar-refractivity contribution in [1.82, 2.24) is 10.2 Å². The second kappa shape index (κ2) is 17.6. The van der Waals surface area contributed by atoms with Gasteiger partial charge in [0.2, 0.25) is 0 Å². The number of aliphatic hydroxyl groups excluding tert-OH is 3. The zero-order valence-corrected chi connectivity index (χ0v) is 33.2. The lowest BCUT2D eigenvalue weighted by atomic mass is 9.77. The SMILES string of the molecule is CC[C@H]1OC(=O)[C@H](C)[C@@H](OC2C[C@@](C)(OC)[C@@H](O)[C@H](C)O2)[C@H](C)[C@@H](OC2O[C@H](C)C[C@H](NC)[C@H]2O)[C@](C)(O)C[C@@H](C)CN(C)[C@H](C)[C@@H](O)[C@]1(C)O. The molecule has 14 heteroatoms. The van der Waals surface area contributed by atoms with Crippen molar-refractivity contribution in [1.29, 1.82) is 0 Å². The molecule has 0 aromatic heterocycles. The summed E-state index contributed by atoms with van der Waals surface area (Å²) in [5, 5.41) is 61.0. The van der Waals surface area contributed by atoms with Gasteiger partial charge in [-0.3, -0.25) is 4.79 Å². The van der Waals surface area contributed by atoms with Crippen molar-refractivity contribution in [3.8, 4) is 0 Å². The minimum atomic E-state index is -1.80. The van der Waals surface area contributed by atoms with Crippen LogP contribution in [0.5, 0.6) is 0 Å². The fourth-order valence-electron chi connectivity index (χ4n) is 8.53. The molecule has 2 unspecified atom stereocenters. The molecule has 0 saturated carbocycles. The van der Waals surface area contributed by atoms with Crippen molar-refractivity contribution in [2.24, 2.45) is 17.8 Å². The number of hydrogen-bond donors (Lipinski definition) is 6. The van der Waals surface area contributed by atoms with Crippen LogP contribution >= 0.6 is 0 Å². The molecule has 0 aromatic carbocycles. The van der Waals surface area contributed by atoms with Crippen LogP contribution in [0.15, 0.2) is 0 Å². The lowest BCUT2D eigenvalue weighted by Crippen LogP contribution is -2.60. The number of likely N-dealkylation sites (N-methyl/N-ethyl adjacent to an activating group) is 2. The number of carbonyl (C=O) groups excluding carboxylic acids is 1. The second-order valence-corrected chi connectivity index (χ2v) is 16.5. The maximum absolute atomic E-state index is 14.2. The number of rotatable bonds is 7. The summed E-state index contributed by atoms with van der Waals surface area (Å²) in [4.78, 5) is 16.1. The molecule has 0 amide bonds. The number of methoxy groups -OCH3 is 1. The average Bonchev–Trinajstić information content (AvgIpc) is 3.05. The van der Waals surface area contributed by atoms with Gasteiger partial charge < -0.3 is 64.2 Å². The number of aliphatic hydroxyl groups is 5. The minimum Gasteiger partial charge on any atom is -0.459 e. The predicted octanol–water partition coefficient (Wildman–Crippen LogP) is 1.56. The maximum atomic E-state index is 14.2. The lowest BCUT2D eigenvalue weighted by molar-refractivity contribution is -0.316. The average molecular weight is 735 g/mol. The van der Waals surface area contributed by atoms with Gasteiger partial charge >= 0.3 is 5.97 Å². The Morgan fingerprint density at radius 2 is 1.59 bits per heavy atom. The molecular formula is C37H70N2O12. The Kier molecular flexibility index (Phi) is 15.3. The van der Waals surface area contributed by atoms with Crippen molar-refractivity contribution < 1.29 is 58.7 Å². The quantitative estimate of drug-likeness (QED) is 0.207. The van der Waals surface area contributed by atoms with E-state index < -0.39 is 96.0 Å². The predicted molar refractivity (Wildman–Crippen MR) is 190 cm³/mol. The largest absolute Gasteiger partial charge is 0.459 e. The molecule has 3 aliphatic rings. The summed E-state index contributed by atoms with van der Waals surface area (Å²) in [6.07, 6.45) is -8.24. The Morgan fingerprint density at radius 3 is 2.16 bits per heavy atom.